The molecule has 180 valence electrons. The van der Waals surface area contributed by atoms with E-state index in [1.807, 2.05) is 45.0 Å². The lowest BCUT2D eigenvalue weighted by atomic mass is 10.1. The van der Waals surface area contributed by atoms with Crippen LogP contribution in [0.4, 0.5) is 5.69 Å². The highest BCUT2D eigenvalue weighted by Crippen LogP contribution is 2.33. The smallest absolute Gasteiger partial charge is 0.264 e. The van der Waals surface area contributed by atoms with Crippen LogP contribution in [0, 0.1) is 6.92 Å². The predicted molar refractivity (Wildman–Crippen MR) is 133 cm³/mol. The summed E-state index contributed by atoms with van der Waals surface area (Å²) < 4.78 is 39.5. The molecule has 3 rings (SSSR count). The number of hydrogen-bond acceptors (Lipinski definition) is 5. The fourth-order valence-corrected chi connectivity index (χ4v) is 5.03. The second-order valence-corrected chi connectivity index (χ2v) is 9.62. The standard InChI is InChI=1S/C26H30N2O5S/c1-5-33-25-13-9-7-11-23(25)28(34(30,31)21-16-14-19(2)15-17-21)18-26(29)27-20(3)22-10-6-8-12-24(22)32-4/h6-17,20H,5,18H2,1-4H3,(H,27,29)/t20-/m0/s1. The van der Waals surface area contributed by atoms with Crippen LogP contribution in [0.3, 0.4) is 0 Å². The minimum absolute atomic E-state index is 0.0926. The minimum atomic E-state index is -4.05. The van der Waals surface area contributed by atoms with Crippen LogP contribution in [0.15, 0.2) is 77.7 Å². The first-order chi connectivity index (χ1) is 16.3. The largest absolute Gasteiger partial charge is 0.496 e. The van der Waals surface area contributed by atoms with Crippen LogP contribution in [0.1, 0.15) is 31.0 Å². The van der Waals surface area contributed by atoms with Crippen molar-refractivity contribution in [3.8, 4) is 11.5 Å². The molecule has 0 spiro atoms. The maximum atomic E-state index is 13.7. The van der Waals surface area contributed by atoms with Gasteiger partial charge in [0.25, 0.3) is 10.0 Å². The van der Waals surface area contributed by atoms with Gasteiger partial charge in [-0.2, -0.15) is 0 Å². The van der Waals surface area contributed by atoms with E-state index in [-0.39, 0.29) is 4.90 Å². The lowest BCUT2D eigenvalue weighted by Crippen LogP contribution is -2.41. The van der Waals surface area contributed by atoms with Gasteiger partial charge in [-0.25, -0.2) is 8.42 Å². The van der Waals surface area contributed by atoms with Crippen molar-refractivity contribution in [2.24, 2.45) is 0 Å². The second kappa shape index (κ2) is 11.1. The van der Waals surface area contributed by atoms with Crippen molar-refractivity contribution in [1.82, 2.24) is 5.32 Å². The molecule has 0 aliphatic heterocycles. The molecule has 0 unspecified atom stereocenters. The van der Waals surface area contributed by atoms with E-state index < -0.39 is 28.5 Å². The fraction of sp³-hybridized carbons (Fsp3) is 0.269. The van der Waals surface area contributed by atoms with Gasteiger partial charge in [0.1, 0.15) is 18.0 Å². The monoisotopic (exact) mass is 482 g/mol. The highest BCUT2D eigenvalue weighted by Gasteiger charge is 2.30. The van der Waals surface area contributed by atoms with Gasteiger partial charge in [-0.1, -0.05) is 48.0 Å². The number of anilines is 1. The zero-order valence-electron chi connectivity index (χ0n) is 19.8. The first-order valence-corrected chi connectivity index (χ1v) is 12.5. The van der Waals surface area contributed by atoms with E-state index in [9.17, 15) is 13.2 Å². The highest BCUT2D eigenvalue weighted by molar-refractivity contribution is 7.92. The van der Waals surface area contributed by atoms with Crippen molar-refractivity contribution >= 4 is 21.6 Å². The second-order valence-electron chi connectivity index (χ2n) is 7.76. The molecule has 0 saturated carbocycles. The zero-order chi connectivity index (χ0) is 24.7. The summed E-state index contributed by atoms with van der Waals surface area (Å²) in [6.45, 7) is 5.46. The molecular formula is C26H30N2O5S. The van der Waals surface area contributed by atoms with Crippen LogP contribution < -0.4 is 19.1 Å². The first-order valence-electron chi connectivity index (χ1n) is 11.0. The summed E-state index contributed by atoms with van der Waals surface area (Å²) in [4.78, 5) is 13.2. The third kappa shape index (κ3) is 5.69. The van der Waals surface area contributed by atoms with E-state index >= 15 is 0 Å². The summed E-state index contributed by atoms with van der Waals surface area (Å²) in [5.41, 5.74) is 2.02. The normalized spacial score (nSPS) is 12.0. The van der Waals surface area contributed by atoms with Gasteiger partial charge in [0.15, 0.2) is 0 Å². The fourth-order valence-electron chi connectivity index (χ4n) is 3.60. The van der Waals surface area contributed by atoms with Crippen molar-refractivity contribution in [2.75, 3.05) is 24.6 Å². The van der Waals surface area contributed by atoms with Gasteiger partial charge in [-0.3, -0.25) is 9.10 Å². The van der Waals surface area contributed by atoms with Crippen LogP contribution in [0.2, 0.25) is 0 Å². The Labute approximate surface area is 201 Å². The number of ether oxygens (including phenoxy) is 2. The van der Waals surface area contributed by atoms with E-state index in [1.165, 1.54) is 12.1 Å². The molecule has 8 heteroatoms. The molecule has 1 N–H and O–H groups in total. The molecule has 7 nitrogen and oxygen atoms in total. The van der Waals surface area contributed by atoms with Crippen molar-refractivity contribution in [3.63, 3.8) is 0 Å². The number of aryl methyl sites for hydroxylation is 1. The van der Waals surface area contributed by atoms with Gasteiger partial charge < -0.3 is 14.8 Å². The Morgan fingerprint density at radius 1 is 0.971 bits per heavy atom. The number of para-hydroxylation sites is 3. The molecule has 0 saturated heterocycles. The van der Waals surface area contributed by atoms with Crippen LogP contribution in [-0.2, 0) is 14.8 Å². The van der Waals surface area contributed by atoms with Crippen molar-refractivity contribution < 1.29 is 22.7 Å². The summed E-state index contributed by atoms with van der Waals surface area (Å²) in [5, 5.41) is 2.89. The molecule has 0 radical (unpaired) electrons. The topological polar surface area (TPSA) is 84.9 Å². The summed E-state index contributed by atoms with van der Waals surface area (Å²) in [6.07, 6.45) is 0. The van der Waals surface area contributed by atoms with Gasteiger partial charge in [0.2, 0.25) is 5.91 Å². The van der Waals surface area contributed by atoms with E-state index in [0.717, 1.165) is 15.4 Å². The van der Waals surface area contributed by atoms with Gasteiger partial charge in [-0.15, -0.1) is 0 Å². The molecular weight excluding hydrogens is 452 g/mol. The minimum Gasteiger partial charge on any atom is -0.496 e. The molecule has 0 aliphatic carbocycles. The Hall–Kier alpha value is -3.52. The molecule has 3 aromatic carbocycles. The summed E-state index contributed by atoms with van der Waals surface area (Å²) in [6, 6.07) is 20.3. The van der Waals surface area contributed by atoms with Crippen LogP contribution in [0.5, 0.6) is 11.5 Å². The third-order valence-electron chi connectivity index (χ3n) is 5.31. The summed E-state index contributed by atoms with van der Waals surface area (Å²) >= 11 is 0. The van der Waals surface area contributed by atoms with E-state index in [4.69, 9.17) is 9.47 Å². The number of benzene rings is 3. The number of hydrogen-bond donors (Lipinski definition) is 1. The van der Waals surface area contributed by atoms with Crippen LogP contribution >= 0.6 is 0 Å². The number of nitrogens with zero attached hydrogens (tertiary/aromatic N) is 1. The Balaban J connectivity index is 1.96. The van der Waals surface area contributed by atoms with Gasteiger partial charge in [0, 0.05) is 5.56 Å². The zero-order valence-corrected chi connectivity index (χ0v) is 20.6. The molecule has 0 aromatic heterocycles. The Morgan fingerprint density at radius 2 is 1.59 bits per heavy atom. The van der Waals surface area contributed by atoms with Crippen molar-refractivity contribution in [2.45, 2.75) is 31.7 Å². The van der Waals surface area contributed by atoms with Crippen molar-refractivity contribution in [1.29, 1.82) is 0 Å². The Kier molecular flexibility index (Phi) is 8.17. The maximum Gasteiger partial charge on any atom is 0.264 e. The first kappa shape index (κ1) is 25.1. The van der Waals surface area contributed by atoms with E-state index in [0.29, 0.717) is 23.8 Å². The third-order valence-corrected chi connectivity index (χ3v) is 7.09. The van der Waals surface area contributed by atoms with Gasteiger partial charge in [0.05, 0.1) is 30.3 Å². The maximum absolute atomic E-state index is 13.7. The highest BCUT2D eigenvalue weighted by atomic mass is 32.2. The van der Waals surface area contributed by atoms with Gasteiger partial charge >= 0.3 is 0 Å². The lowest BCUT2D eigenvalue weighted by molar-refractivity contribution is -0.120. The SMILES string of the molecule is CCOc1ccccc1N(CC(=O)N[C@@H](C)c1ccccc1OC)S(=O)(=O)c1ccc(C)cc1. The number of rotatable bonds is 10. The molecule has 0 heterocycles. The molecule has 0 bridgehead atoms. The number of amides is 1. The molecule has 3 aromatic rings. The number of sulfonamides is 1. The van der Waals surface area contributed by atoms with Crippen LogP contribution in [-0.4, -0.2) is 34.6 Å². The molecule has 0 aliphatic rings. The Bertz CT molecular complexity index is 1230. The summed E-state index contributed by atoms with van der Waals surface area (Å²) in [5.74, 6) is 0.563. The van der Waals surface area contributed by atoms with Crippen molar-refractivity contribution in [3.05, 3.63) is 83.9 Å². The average molecular weight is 483 g/mol. The van der Waals surface area contributed by atoms with E-state index in [1.54, 1.807) is 43.5 Å². The number of carbonyl (C=O) groups excluding carboxylic acids is 1. The number of carbonyl (C=O) groups is 1. The molecule has 1 amide bonds. The number of methoxy groups -OCH3 is 1. The summed E-state index contributed by atoms with van der Waals surface area (Å²) in [7, 11) is -2.49. The quantitative estimate of drug-likeness (QED) is 0.461. The Morgan fingerprint density at radius 3 is 2.24 bits per heavy atom. The molecule has 1 atom stereocenters. The predicted octanol–water partition coefficient (Wildman–Crippen LogP) is 4.48. The number of nitrogens with one attached hydrogen (secondary N) is 1. The van der Waals surface area contributed by atoms with Gasteiger partial charge in [-0.05, 0) is 51.1 Å². The average Bonchev–Trinajstić information content (AvgIpc) is 2.83. The lowest BCUT2D eigenvalue weighted by Gasteiger charge is -2.27. The van der Waals surface area contributed by atoms with Crippen LogP contribution in [0.25, 0.3) is 0 Å². The molecule has 34 heavy (non-hydrogen) atoms. The van der Waals surface area contributed by atoms with E-state index in [2.05, 4.69) is 5.32 Å². The molecule has 0 fully saturated rings.